The Balaban J connectivity index is 2.46. The predicted molar refractivity (Wildman–Crippen MR) is 73.6 cm³/mol. The van der Waals surface area contributed by atoms with Gasteiger partial charge in [-0.25, -0.2) is 0 Å². The lowest BCUT2D eigenvalue weighted by Gasteiger charge is -2.24. The Kier molecular flexibility index (Phi) is 3.68. The quantitative estimate of drug-likeness (QED) is 0.947. The first-order valence-electron chi connectivity index (χ1n) is 5.52. The molecule has 0 aliphatic heterocycles. The Hall–Kier alpha value is -1.39. The Morgan fingerprint density at radius 1 is 1.22 bits per heavy atom. The number of halogens is 1. The first-order valence-corrected chi connectivity index (χ1v) is 6.31. The van der Waals surface area contributed by atoms with Crippen LogP contribution in [0.3, 0.4) is 0 Å². The van der Waals surface area contributed by atoms with E-state index in [1.807, 2.05) is 24.3 Å². The van der Waals surface area contributed by atoms with Gasteiger partial charge < -0.3 is 9.84 Å². The van der Waals surface area contributed by atoms with E-state index in [1.165, 1.54) is 0 Å². The number of methoxy groups -OCH3 is 1. The Bertz CT molecular complexity index is 555. The number of aromatic nitrogens is 1. The van der Waals surface area contributed by atoms with Crippen LogP contribution in [0.4, 0.5) is 0 Å². The fourth-order valence-electron chi connectivity index (χ4n) is 1.75. The summed E-state index contributed by atoms with van der Waals surface area (Å²) in [7, 11) is 1.58. The van der Waals surface area contributed by atoms with Gasteiger partial charge in [0.15, 0.2) is 0 Å². The minimum absolute atomic E-state index is 0.628. The third-order valence-electron chi connectivity index (χ3n) is 2.90. The molecule has 1 atom stereocenters. The van der Waals surface area contributed by atoms with Gasteiger partial charge in [-0.2, -0.15) is 0 Å². The monoisotopic (exact) mass is 307 g/mol. The van der Waals surface area contributed by atoms with Gasteiger partial charge in [0.05, 0.1) is 13.3 Å². The van der Waals surface area contributed by atoms with Gasteiger partial charge in [-0.1, -0.05) is 28.1 Å². The molecule has 0 fully saturated rings. The van der Waals surface area contributed by atoms with Crippen LogP contribution in [0, 0.1) is 0 Å². The Morgan fingerprint density at radius 2 is 2.00 bits per heavy atom. The van der Waals surface area contributed by atoms with E-state index in [4.69, 9.17) is 4.74 Å². The molecule has 0 radical (unpaired) electrons. The Morgan fingerprint density at radius 3 is 2.67 bits per heavy atom. The second-order valence-corrected chi connectivity index (χ2v) is 5.11. The van der Waals surface area contributed by atoms with E-state index in [0.717, 1.165) is 10.0 Å². The molecule has 2 aromatic rings. The first-order chi connectivity index (χ1) is 8.54. The molecule has 0 saturated heterocycles. The van der Waals surface area contributed by atoms with Gasteiger partial charge in [-0.15, -0.1) is 0 Å². The van der Waals surface area contributed by atoms with Gasteiger partial charge in [-0.05, 0) is 30.7 Å². The van der Waals surface area contributed by atoms with E-state index < -0.39 is 5.60 Å². The maximum atomic E-state index is 10.7. The van der Waals surface area contributed by atoms with E-state index in [1.54, 1.807) is 32.5 Å². The molecule has 1 aromatic carbocycles. The molecule has 1 heterocycles. The minimum Gasteiger partial charge on any atom is -0.495 e. The van der Waals surface area contributed by atoms with Crippen molar-refractivity contribution in [1.29, 1.82) is 0 Å². The molecular formula is C14H14BrNO2. The van der Waals surface area contributed by atoms with Gasteiger partial charge >= 0.3 is 0 Å². The second-order valence-electron chi connectivity index (χ2n) is 4.20. The third-order valence-corrected chi connectivity index (χ3v) is 3.39. The van der Waals surface area contributed by atoms with Crippen LogP contribution in [0.1, 0.15) is 18.1 Å². The molecule has 2 rings (SSSR count). The summed E-state index contributed by atoms with van der Waals surface area (Å²) in [6.07, 6.45) is 3.25. The fraction of sp³-hybridized carbons (Fsp3) is 0.214. The number of nitrogens with zero attached hydrogens (tertiary/aromatic N) is 1. The highest BCUT2D eigenvalue weighted by Gasteiger charge is 2.26. The molecule has 1 N–H and O–H groups in total. The summed E-state index contributed by atoms with van der Waals surface area (Å²) in [6, 6.07) is 9.36. The van der Waals surface area contributed by atoms with Gasteiger partial charge in [0.1, 0.15) is 11.4 Å². The van der Waals surface area contributed by atoms with Gasteiger partial charge in [0.2, 0.25) is 0 Å². The number of rotatable bonds is 3. The van der Waals surface area contributed by atoms with Crippen molar-refractivity contribution in [2.45, 2.75) is 12.5 Å². The average Bonchev–Trinajstić information content (AvgIpc) is 2.39. The second kappa shape index (κ2) is 5.08. The molecule has 1 unspecified atom stereocenters. The number of ether oxygens (including phenoxy) is 1. The van der Waals surface area contributed by atoms with Crippen LogP contribution >= 0.6 is 15.9 Å². The lowest BCUT2D eigenvalue weighted by atomic mass is 9.89. The number of benzene rings is 1. The molecule has 94 valence electrons. The first kappa shape index (κ1) is 13.1. The average molecular weight is 308 g/mol. The molecule has 0 bridgehead atoms. The predicted octanol–water partition coefficient (Wildman–Crippen LogP) is 3.11. The van der Waals surface area contributed by atoms with Crippen molar-refractivity contribution in [2.24, 2.45) is 0 Å². The zero-order valence-corrected chi connectivity index (χ0v) is 11.8. The van der Waals surface area contributed by atoms with Crippen molar-refractivity contribution < 1.29 is 9.84 Å². The maximum Gasteiger partial charge on any atom is 0.137 e. The van der Waals surface area contributed by atoms with Crippen LogP contribution in [0.25, 0.3) is 0 Å². The topological polar surface area (TPSA) is 42.4 Å². The molecule has 1 aromatic heterocycles. The van der Waals surface area contributed by atoms with Crippen LogP contribution in [-0.2, 0) is 5.60 Å². The molecule has 0 saturated carbocycles. The molecule has 0 amide bonds. The smallest absolute Gasteiger partial charge is 0.137 e. The maximum absolute atomic E-state index is 10.7. The summed E-state index contributed by atoms with van der Waals surface area (Å²) in [5.74, 6) is 0.628. The summed E-state index contributed by atoms with van der Waals surface area (Å²) in [6.45, 7) is 1.74. The zero-order valence-electron chi connectivity index (χ0n) is 10.2. The fourth-order valence-corrected chi connectivity index (χ4v) is 2.15. The highest BCUT2D eigenvalue weighted by Crippen LogP contribution is 2.31. The van der Waals surface area contributed by atoms with E-state index in [-0.39, 0.29) is 0 Å². The van der Waals surface area contributed by atoms with Crippen molar-refractivity contribution >= 4 is 15.9 Å². The number of aliphatic hydroxyl groups is 1. The van der Waals surface area contributed by atoms with Crippen molar-refractivity contribution in [2.75, 3.05) is 7.11 Å². The van der Waals surface area contributed by atoms with E-state index in [9.17, 15) is 5.11 Å². The van der Waals surface area contributed by atoms with Crippen LogP contribution in [0.15, 0.2) is 47.2 Å². The van der Waals surface area contributed by atoms with E-state index in [2.05, 4.69) is 20.9 Å². The molecular weight excluding hydrogens is 294 g/mol. The minimum atomic E-state index is -1.11. The summed E-state index contributed by atoms with van der Waals surface area (Å²) in [4.78, 5) is 4.07. The number of hydrogen-bond donors (Lipinski definition) is 1. The van der Waals surface area contributed by atoms with Gasteiger partial charge in [0.25, 0.3) is 0 Å². The molecule has 3 nitrogen and oxygen atoms in total. The molecule has 4 heteroatoms. The summed E-state index contributed by atoms with van der Waals surface area (Å²) in [5, 5.41) is 10.7. The van der Waals surface area contributed by atoms with Gasteiger partial charge in [0, 0.05) is 16.2 Å². The zero-order chi connectivity index (χ0) is 13.2. The van der Waals surface area contributed by atoms with Crippen molar-refractivity contribution in [3.05, 3.63) is 58.3 Å². The number of hydrogen-bond acceptors (Lipinski definition) is 3. The van der Waals surface area contributed by atoms with E-state index >= 15 is 0 Å². The standard InChI is InChI=1S/C14H14BrNO2/c1-14(17,10-4-3-5-12(15)6-10)11-7-13(18-2)9-16-8-11/h3-9,17H,1-2H3. The lowest BCUT2D eigenvalue weighted by molar-refractivity contribution is 0.101. The molecule has 0 aliphatic carbocycles. The molecule has 0 spiro atoms. The van der Waals surface area contributed by atoms with Crippen molar-refractivity contribution in [3.8, 4) is 5.75 Å². The van der Waals surface area contributed by atoms with Crippen LogP contribution < -0.4 is 4.74 Å². The van der Waals surface area contributed by atoms with Crippen molar-refractivity contribution in [1.82, 2.24) is 4.98 Å². The highest BCUT2D eigenvalue weighted by molar-refractivity contribution is 9.10. The Labute approximate surface area is 115 Å². The van der Waals surface area contributed by atoms with Crippen LogP contribution in [-0.4, -0.2) is 17.2 Å². The summed E-state index contributed by atoms with van der Waals surface area (Å²) in [5.41, 5.74) is 0.387. The normalized spacial score (nSPS) is 14.0. The van der Waals surface area contributed by atoms with E-state index in [0.29, 0.717) is 11.3 Å². The SMILES string of the molecule is COc1cncc(C(C)(O)c2cccc(Br)c2)c1. The summed E-state index contributed by atoms with van der Waals surface area (Å²) >= 11 is 3.40. The highest BCUT2D eigenvalue weighted by atomic mass is 79.9. The molecule has 18 heavy (non-hydrogen) atoms. The van der Waals surface area contributed by atoms with Crippen molar-refractivity contribution in [3.63, 3.8) is 0 Å². The van der Waals surface area contributed by atoms with Gasteiger partial charge in [-0.3, -0.25) is 4.98 Å². The largest absolute Gasteiger partial charge is 0.495 e. The molecule has 0 aliphatic rings. The van der Waals surface area contributed by atoms with Crippen LogP contribution in [0.2, 0.25) is 0 Å². The van der Waals surface area contributed by atoms with Crippen LogP contribution in [0.5, 0.6) is 5.75 Å². The lowest BCUT2D eigenvalue weighted by Crippen LogP contribution is -2.23. The number of pyridine rings is 1. The third kappa shape index (κ3) is 2.54. The summed E-state index contributed by atoms with van der Waals surface area (Å²) < 4.78 is 6.05.